The van der Waals surface area contributed by atoms with E-state index in [1.807, 2.05) is 0 Å². The molecule has 2 aromatic rings. The molecule has 0 aliphatic rings. The molecule has 0 atom stereocenters. The Morgan fingerprint density at radius 1 is 1.19 bits per heavy atom. The minimum Gasteiger partial charge on any atom is -0.274 e. The molecule has 1 aromatic carbocycles. The zero-order chi connectivity index (χ0) is 15.8. The maximum absolute atomic E-state index is 13.4. The number of anilines is 1. The van der Waals surface area contributed by atoms with Crippen LogP contribution in [0.5, 0.6) is 0 Å². The van der Waals surface area contributed by atoms with Gasteiger partial charge < -0.3 is 0 Å². The van der Waals surface area contributed by atoms with Crippen LogP contribution in [-0.2, 0) is 16.6 Å². The van der Waals surface area contributed by atoms with E-state index in [-0.39, 0.29) is 6.07 Å². The Hall–Kier alpha value is -2.10. The van der Waals surface area contributed by atoms with Crippen LogP contribution in [-0.4, -0.2) is 18.2 Å². The molecule has 1 aromatic heterocycles. The van der Waals surface area contributed by atoms with Gasteiger partial charge in [0, 0.05) is 18.8 Å². The molecule has 0 amide bonds. The number of nitrogens with one attached hydrogen (secondary N) is 1. The lowest BCUT2D eigenvalue weighted by Gasteiger charge is -2.09. The third-order valence-electron chi connectivity index (χ3n) is 2.59. The van der Waals surface area contributed by atoms with Gasteiger partial charge in [-0.3, -0.25) is 9.40 Å². The molecule has 0 bridgehead atoms. The van der Waals surface area contributed by atoms with Crippen molar-refractivity contribution < 1.29 is 26.0 Å². The molecule has 2 rings (SSSR count). The molecule has 21 heavy (non-hydrogen) atoms. The van der Waals surface area contributed by atoms with Gasteiger partial charge in [-0.1, -0.05) is 0 Å². The Bertz CT molecular complexity index is 763. The van der Waals surface area contributed by atoms with Crippen molar-refractivity contribution in [3.8, 4) is 0 Å². The molecule has 0 saturated heterocycles. The van der Waals surface area contributed by atoms with Crippen LogP contribution < -0.4 is 4.72 Å². The molecular weight excluding hydrogens is 314 g/mol. The Morgan fingerprint density at radius 2 is 1.76 bits per heavy atom. The van der Waals surface area contributed by atoms with Crippen LogP contribution in [0.3, 0.4) is 0 Å². The van der Waals surface area contributed by atoms with E-state index < -0.39 is 43.9 Å². The molecule has 0 spiro atoms. The van der Waals surface area contributed by atoms with E-state index in [0.717, 1.165) is 12.4 Å². The first-order valence-electron chi connectivity index (χ1n) is 5.64. The number of aryl methyl sites for hydroxylation is 1. The van der Waals surface area contributed by atoms with E-state index in [2.05, 4.69) is 5.10 Å². The van der Waals surface area contributed by atoms with Gasteiger partial charge in [0.2, 0.25) is 0 Å². The molecule has 0 aliphatic heterocycles. The minimum atomic E-state index is -4.43. The van der Waals surface area contributed by atoms with Crippen molar-refractivity contribution in [3.05, 3.63) is 41.7 Å². The number of aromatic nitrogens is 2. The van der Waals surface area contributed by atoms with Crippen LogP contribution in [0, 0.1) is 23.3 Å². The monoisotopic (exact) mass is 323 g/mol. The molecule has 0 unspecified atom stereocenters. The second kappa shape index (κ2) is 5.35. The van der Waals surface area contributed by atoms with Crippen LogP contribution in [0.4, 0.5) is 23.2 Å². The minimum absolute atomic E-state index is 0.0163. The number of benzene rings is 1. The summed E-state index contributed by atoms with van der Waals surface area (Å²) in [7, 11) is -4.43. The highest BCUT2D eigenvalue weighted by molar-refractivity contribution is 7.92. The highest BCUT2D eigenvalue weighted by atomic mass is 32.2. The fourth-order valence-corrected chi connectivity index (χ4v) is 2.52. The Kier molecular flexibility index (Phi) is 3.90. The number of nitrogens with zero attached hydrogens (tertiary/aromatic N) is 2. The number of rotatable bonds is 4. The van der Waals surface area contributed by atoms with Crippen molar-refractivity contribution >= 4 is 15.7 Å². The fraction of sp³-hybridized carbons (Fsp3) is 0.182. The van der Waals surface area contributed by atoms with E-state index >= 15 is 0 Å². The maximum Gasteiger partial charge on any atom is 0.265 e. The summed E-state index contributed by atoms with van der Waals surface area (Å²) in [6, 6.07) is -0.0163. The first-order valence-corrected chi connectivity index (χ1v) is 7.13. The van der Waals surface area contributed by atoms with Crippen molar-refractivity contribution in [1.29, 1.82) is 0 Å². The molecule has 0 radical (unpaired) electrons. The van der Waals surface area contributed by atoms with Gasteiger partial charge in [-0.2, -0.15) is 5.10 Å². The molecule has 0 fully saturated rings. The molecular formula is C11H9F4N3O2S. The van der Waals surface area contributed by atoms with E-state index in [1.54, 1.807) is 6.92 Å². The quantitative estimate of drug-likeness (QED) is 0.693. The number of halogens is 4. The third kappa shape index (κ3) is 2.84. The summed E-state index contributed by atoms with van der Waals surface area (Å²) in [5.41, 5.74) is -1.42. The maximum atomic E-state index is 13.4. The molecule has 5 nitrogen and oxygen atoms in total. The van der Waals surface area contributed by atoms with E-state index in [9.17, 15) is 26.0 Å². The largest absolute Gasteiger partial charge is 0.274 e. The lowest BCUT2D eigenvalue weighted by molar-refractivity contribution is 0.459. The van der Waals surface area contributed by atoms with Crippen molar-refractivity contribution in [2.45, 2.75) is 18.4 Å². The second-order valence-corrected chi connectivity index (χ2v) is 5.66. The van der Waals surface area contributed by atoms with Gasteiger partial charge in [0.05, 0.1) is 6.20 Å². The van der Waals surface area contributed by atoms with Gasteiger partial charge in [-0.05, 0) is 6.92 Å². The predicted molar refractivity (Wildman–Crippen MR) is 65.0 cm³/mol. The summed E-state index contributed by atoms with van der Waals surface area (Å²) >= 11 is 0. The lowest BCUT2D eigenvalue weighted by atomic mass is 10.3. The van der Waals surface area contributed by atoms with Crippen LogP contribution in [0.2, 0.25) is 0 Å². The molecule has 10 heteroatoms. The summed E-state index contributed by atoms with van der Waals surface area (Å²) in [4.78, 5) is -0.396. The van der Waals surface area contributed by atoms with Crippen molar-refractivity contribution in [1.82, 2.24) is 9.78 Å². The molecule has 0 saturated carbocycles. The summed E-state index contributed by atoms with van der Waals surface area (Å²) < 4.78 is 79.5. The highest BCUT2D eigenvalue weighted by Crippen LogP contribution is 2.26. The van der Waals surface area contributed by atoms with Gasteiger partial charge in [0.25, 0.3) is 10.0 Å². The SMILES string of the molecule is CCn1cc(S(=O)(=O)Nc2c(F)c(F)cc(F)c2F)cn1. The number of sulfonamides is 1. The molecule has 1 heterocycles. The van der Waals surface area contributed by atoms with Crippen LogP contribution >= 0.6 is 0 Å². The molecule has 0 aliphatic carbocycles. The zero-order valence-electron chi connectivity index (χ0n) is 10.6. The topological polar surface area (TPSA) is 64.0 Å². The smallest absolute Gasteiger partial charge is 0.265 e. The van der Waals surface area contributed by atoms with E-state index in [0.29, 0.717) is 6.54 Å². The number of hydrogen-bond donors (Lipinski definition) is 1. The van der Waals surface area contributed by atoms with E-state index in [1.165, 1.54) is 9.40 Å². The van der Waals surface area contributed by atoms with Crippen molar-refractivity contribution in [2.75, 3.05) is 4.72 Å². The summed E-state index contributed by atoms with van der Waals surface area (Å²) in [5, 5.41) is 3.68. The Balaban J connectivity index is 2.46. The van der Waals surface area contributed by atoms with E-state index in [4.69, 9.17) is 0 Å². The van der Waals surface area contributed by atoms with Gasteiger partial charge in [-0.25, -0.2) is 26.0 Å². The Morgan fingerprint density at radius 3 is 2.24 bits per heavy atom. The van der Waals surface area contributed by atoms with Gasteiger partial charge >= 0.3 is 0 Å². The fourth-order valence-electron chi connectivity index (χ4n) is 1.51. The zero-order valence-corrected chi connectivity index (χ0v) is 11.4. The normalized spacial score (nSPS) is 11.7. The van der Waals surface area contributed by atoms with Crippen LogP contribution in [0.1, 0.15) is 6.92 Å². The predicted octanol–water partition coefficient (Wildman–Crippen LogP) is 2.26. The number of hydrogen-bond acceptors (Lipinski definition) is 3. The lowest BCUT2D eigenvalue weighted by Crippen LogP contribution is -2.16. The van der Waals surface area contributed by atoms with Gasteiger partial charge in [0.1, 0.15) is 10.6 Å². The van der Waals surface area contributed by atoms with Gasteiger partial charge in [0.15, 0.2) is 23.3 Å². The molecule has 1 N–H and O–H groups in total. The summed E-state index contributed by atoms with van der Waals surface area (Å²) in [6.45, 7) is 2.06. The first kappa shape index (κ1) is 15.3. The van der Waals surface area contributed by atoms with Crippen LogP contribution in [0.25, 0.3) is 0 Å². The highest BCUT2D eigenvalue weighted by Gasteiger charge is 2.25. The average molecular weight is 323 g/mol. The van der Waals surface area contributed by atoms with Crippen LogP contribution in [0.15, 0.2) is 23.4 Å². The van der Waals surface area contributed by atoms with Crippen molar-refractivity contribution in [2.24, 2.45) is 0 Å². The standard InChI is InChI=1S/C11H9F4N3O2S/c1-2-18-5-6(4-16-18)21(19,20)17-11-9(14)7(12)3-8(13)10(11)15/h3-5,17H,2H2,1H3. The average Bonchev–Trinajstić information content (AvgIpc) is 2.91. The summed E-state index contributed by atoms with van der Waals surface area (Å²) in [6.07, 6.45) is 2.05. The summed E-state index contributed by atoms with van der Waals surface area (Å²) in [5.74, 6) is -7.09. The molecule has 114 valence electrons. The second-order valence-electron chi connectivity index (χ2n) is 3.98. The van der Waals surface area contributed by atoms with Gasteiger partial charge in [-0.15, -0.1) is 0 Å². The Labute approximate surface area is 117 Å². The van der Waals surface area contributed by atoms with Crippen molar-refractivity contribution in [3.63, 3.8) is 0 Å². The third-order valence-corrected chi connectivity index (χ3v) is 3.90. The first-order chi connectivity index (χ1) is 9.76.